The number of aryl methyl sites for hydroxylation is 2. The molecule has 1 unspecified atom stereocenters. The Bertz CT molecular complexity index is 2330. The molecule has 3 aliphatic rings. The van der Waals surface area contributed by atoms with Gasteiger partial charge in [-0.05, 0) is 134 Å². The molecule has 2 heteroatoms. The summed E-state index contributed by atoms with van der Waals surface area (Å²) >= 11 is 0. The summed E-state index contributed by atoms with van der Waals surface area (Å²) in [6.45, 7) is 4.44. The van der Waals surface area contributed by atoms with Gasteiger partial charge in [0.1, 0.15) is 0 Å². The van der Waals surface area contributed by atoms with Crippen molar-refractivity contribution in [3.63, 3.8) is 0 Å². The second-order valence-electron chi connectivity index (χ2n) is 14.3. The Hall–Kier alpha value is -6.12. The van der Waals surface area contributed by atoms with Crippen LogP contribution in [0, 0.1) is 0 Å². The molecule has 0 aliphatic heterocycles. The summed E-state index contributed by atoms with van der Waals surface area (Å²) in [5.41, 5.74) is 16.3. The third kappa shape index (κ3) is 7.38. The topological polar surface area (TPSA) is 6.48 Å². The SMILES string of the molecule is C/C=C(\C=C/C(C)N(C1=CC=CCC=C1)c1cccc2c1C=CCC2)c1cccc(-c2ccc(N(c3ccccc3)c3cccc4c3C=CCC4)cc2)c1. The van der Waals surface area contributed by atoms with Crippen molar-refractivity contribution >= 4 is 40.5 Å². The van der Waals surface area contributed by atoms with E-state index in [4.69, 9.17) is 0 Å². The predicted octanol–water partition coefficient (Wildman–Crippen LogP) is 14.0. The molecule has 3 aliphatic carbocycles. The Balaban J connectivity index is 1.08. The van der Waals surface area contributed by atoms with Crippen LogP contribution in [0.3, 0.4) is 0 Å². The van der Waals surface area contributed by atoms with Gasteiger partial charge in [-0.2, -0.15) is 0 Å². The zero-order valence-corrected chi connectivity index (χ0v) is 31.4. The zero-order valence-electron chi connectivity index (χ0n) is 31.4. The van der Waals surface area contributed by atoms with Gasteiger partial charge in [-0.3, -0.25) is 0 Å². The number of para-hydroxylation sites is 1. The quantitative estimate of drug-likeness (QED) is 0.134. The molecular weight excluding hydrogens is 653 g/mol. The molecule has 0 heterocycles. The summed E-state index contributed by atoms with van der Waals surface area (Å²) in [5, 5.41) is 0. The summed E-state index contributed by atoms with van der Waals surface area (Å²) in [7, 11) is 0. The minimum Gasteiger partial charge on any atom is -0.334 e. The molecule has 266 valence electrons. The Morgan fingerprint density at radius 2 is 1.31 bits per heavy atom. The lowest BCUT2D eigenvalue weighted by molar-refractivity contribution is 0.829. The summed E-state index contributed by atoms with van der Waals surface area (Å²) < 4.78 is 0. The van der Waals surface area contributed by atoms with Crippen LogP contribution in [0.15, 0.2) is 182 Å². The molecule has 0 bridgehead atoms. The number of anilines is 4. The van der Waals surface area contributed by atoms with Gasteiger partial charge in [-0.15, -0.1) is 0 Å². The zero-order chi connectivity index (χ0) is 36.7. The molecule has 0 saturated heterocycles. The molecule has 5 aromatic carbocycles. The van der Waals surface area contributed by atoms with E-state index in [1.165, 1.54) is 61.6 Å². The molecule has 0 amide bonds. The average Bonchev–Trinajstić information content (AvgIpc) is 3.52. The summed E-state index contributed by atoms with van der Waals surface area (Å²) in [6, 6.07) is 42.3. The van der Waals surface area contributed by atoms with Crippen LogP contribution in [0.5, 0.6) is 0 Å². The fourth-order valence-corrected chi connectivity index (χ4v) is 8.00. The van der Waals surface area contributed by atoms with E-state index in [0.29, 0.717) is 0 Å². The Morgan fingerprint density at radius 3 is 2.06 bits per heavy atom. The molecular formula is C52H48N2. The highest BCUT2D eigenvalue weighted by atomic mass is 15.2. The van der Waals surface area contributed by atoms with Gasteiger partial charge in [0.25, 0.3) is 0 Å². The predicted molar refractivity (Wildman–Crippen MR) is 233 cm³/mol. The highest BCUT2D eigenvalue weighted by Gasteiger charge is 2.21. The monoisotopic (exact) mass is 700 g/mol. The molecule has 0 radical (unpaired) electrons. The molecule has 5 aromatic rings. The van der Waals surface area contributed by atoms with Gasteiger partial charge in [0.05, 0.1) is 5.69 Å². The molecule has 2 nitrogen and oxygen atoms in total. The molecule has 54 heavy (non-hydrogen) atoms. The van der Waals surface area contributed by atoms with Crippen LogP contribution in [0.4, 0.5) is 22.7 Å². The van der Waals surface area contributed by atoms with Crippen molar-refractivity contribution in [3.05, 3.63) is 210 Å². The highest BCUT2D eigenvalue weighted by Crippen LogP contribution is 2.40. The van der Waals surface area contributed by atoms with Gasteiger partial charge >= 0.3 is 0 Å². The Kier molecular flexibility index (Phi) is 10.5. The number of nitrogens with zero attached hydrogens (tertiary/aromatic N) is 2. The highest BCUT2D eigenvalue weighted by molar-refractivity contribution is 5.85. The first kappa shape index (κ1) is 34.9. The molecule has 0 aromatic heterocycles. The van der Waals surface area contributed by atoms with Crippen LogP contribution in [0.2, 0.25) is 0 Å². The first-order valence-corrected chi connectivity index (χ1v) is 19.5. The molecule has 0 fully saturated rings. The summed E-state index contributed by atoms with van der Waals surface area (Å²) in [4.78, 5) is 4.88. The van der Waals surface area contributed by atoms with Gasteiger partial charge in [-0.25, -0.2) is 0 Å². The normalized spacial score (nSPS) is 15.4. The van der Waals surface area contributed by atoms with Crippen molar-refractivity contribution in [2.75, 3.05) is 9.80 Å². The first-order chi connectivity index (χ1) is 26.7. The van der Waals surface area contributed by atoms with E-state index in [2.05, 4.69) is 212 Å². The Morgan fingerprint density at radius 1 is 0.630 bits per heavy atom. The lowest BCUT2D eigenvalue weighted by Gasteiger charge is -2.33. The number of benzene rings is 5. The maximum Gasteiger partial charge on any atom is 0.0536 e. The van der Waals surface area contributed by atoms with E-state index in [9.17, 15) is 0 Å². The van der Waals surface area contributed by atoms with Crippen LogP contribution < -0.4 is 9.80 Å². The van der Waals surface area contributed by atoms with Crippen LogP contribution in [-0.2, 0) is 12.8 Å². The van der Waals surface area contributed by atoms with Crippen molar-refractivity contribution in [1.29, 1.82) is 0 Å². The van der Waals surface area contributed by atoms with Gasteiger partial charge < -0.3 is 9.80 Å². The third-order valence-electron chi connectivity index (χ3n) is 10.8. The van der Waals surface area contributed by atoms with E-state index in [0.717, 1.165) is 43.5 Å². The van der Waals surface area contributed by atoms with Crippen molar-refractivity contribution in [2.45, 2.75) is 52.0 Å². The standard InChI is InChI=1S/C52H48N2/c1-3-40(33-32-39(2)53(46-24-7-4-5-8-25-46)51-30-16-20-42-18-11-13-28-49(42)51)44-22-15-23-45(38-44)41-34-36-48(37-35-41)54(47-26-9-6-10-27-47)52-31-17-21-43-19-12-14-29-50(43)52/h3-4,6-10,13-17,20-39H,5,11-12,18-19H2,1-2H3/b33-32-,40-3+. The summed E-state index contributed by atoms with van der Waals surface area (Å²) in [5.74, 6) is 0. The van der Waals surface area contributed by atoms with E-state index in [1.807, 2.05) is 0 Å². The smallest absolute Gasteiger partial charge is 0.0536 e. The maximum atomic E-state index is 2.49. The maximum absolute atomic E-state index is 2.49. The lowest BCUT2D eigenvalue weighted by atomic mass is 9.94. The van der Waals surface area contributed by atoms with Gasteiger partial charge in [0.2, 0.25) is 0 Å². The van der Waals surface area contributed by atoms with Crippen molar-refractivity contribution in [2.24, 2.45) is 0 Å². The lowest BCUT2D eigenvalue weighted by Crippen LogP contribution is -2.31. The largest absolute Gasteiger partial charge is 0.334 e. The Labute approximate surface area is 321 Å². The van der Waals surface area contributed by atoms with Gasteiger partial charge in [0, 0.05) is 39.9 Å². The average molecular weight is 701 g/mol. The van der Waals surface area contributed by atoms with E-state index in [-0.39, 0.29) is 6.04 Å². The number of rotatable bonds is 10. The van der Waals surface area contributed by atoms with Crippen LogP contribution in [0.1, 0.15) is 60.9 Å². The molecule has 1 atom stereocenters. The number of fused-ring (bicyclic) bond motifs is 2. The van der Waals surface area contributed by atoms with Crippen molar-refractivity contribution < 1.29 is 0 Å². The van der Waals surface area contributed by atoms with Gasteiger partial charge in [-0.1, -0.05) is 134 Å². The number of hydrogen-bond donors (Lipinski definition) is 0. The van der Waals surface area contributed by atoms with E-state index >= 15 is 0 Å². The molecule has 8 rings (SSSR count). The summed E-state index contributed by atoms with van der Waals surface area (Å²) in [6.07, 6.45) is 32.6. The number of hydrogen-bond acceptors (Lipinski definition) is 2. The fourth-order valence-electron chi connectivity index (χ4n) is 8.00. The second-order valence-corrected chi connectivity index (χ2v) is 14.3. The fraction of sp³-hybridized carbons (Fsp3) is 0.154. The molecule has 0 saturated carbocycles. The second kappa shape index (κ2) is 16.3. The van der Waals surface area contributed by atoms with Crippen molar-refractivity contribution in [1.82, 2.24) is 0 Å². The molecule has 0 N–H and O–H groups in total. The van der Waals surface area contributed by atoms with Crippen molar-refractivity contribution in [3.8, 4) is 11.1 Å². The van der Waals surface area contributed by atoms with Crippen LogP contribution in [-0.4, -0.2) is 6.04 Å². The minimum atomic E-state index is 0.123. The number of allylic oxidation sites excluding steroid dienone is 10. The third-order valence-corrected chi connectivity index (χ3v) is 10.8. The van der Waals surface area contributed by atoms with E-state index in [1.54, 1.807) is 0 Å². The first-order valence-electron chi connectivity index (χ1n) is 19.5. The van der Waals surface area contributed by atoms with Gasteiger partial charge in [0.15, 0.2) is 0 Å². The van der Waals surface area contributed by atoms with E-state index < -0.39 is 0 Å². The molecule has 0 spiro atoms. The minimum absolute atomic E-state index is 0.123. The van der Waals surface area contributed by atoms with Crippen LogP contribution >= 0.6 is 0 Å². The van der Waals surface area contributed by atoms with Crippen LogP contribution in [0.25, 0.3) is 28.9 Å².